The molecule has 0 aromatic carbocycles. The van der Waals surface area contributed by atoms with Gasteiger partial charge >= 0.3 is 5.97 Å². The molecule has 1 unspecified atom stereocenters. The van der Waals surface area contributed by atoms with E-state index in [9.17, 15) is 4.79 Å². The standard InChI is InChI=1S/C11H15N3O2/c1-2-8-4-6-14(7-8)10-9(11(15)16)3-5-12-13-10/h3,5,8H,2,4,6-7H2,1H3,(H,15,16). The van der Waals surface area contributed by atoms with E-state index >= 15 is 0 Å². The van der Waals surface area contributed by atoms with Crippen molar-refractivity contribution in [3.05, 3.63) is 17.8 Å². The van der Waals surface area contributed by atoms with Crippen molar-refractivity contribution in [3.63, 3.8) is 0 Å². The van der Waals surface area contributed by atoms with Gasteiger partial charge in [-0.05, 0) is 18.4 Å². The second-order valence-electron chi connectivity index (χ2n) is 4.08. The first-order chi connectivity index (χ1) is 7.72. The minimum Gasteiger partial charge on any atom is -0.478 e. The molecule has 1 N–H and O–H groups in total. The molecule has 1 aromatic rings. The molecule has 1 saturated heterocycles. The Balaban J connectivity index is 2.24. The zero-order chi connectivity index (χ0) is 11.5. The van der Waals surface area contributed by atoms with Crippen molar-refractivity contribution in [2.24, 2.45) is 5.92 Å². The lowest BCUT2D eigenvalue weighted by Crippen LogP contribution is -2.23. The van der Waals surface area contributed by atoms with Gasteiger partial charge in [0.1, 0.15) is 5.56 Å². The second kappa shape index (κ2) is 4.47. The van der Waals surface area contributed by atoms with E-state index in [0.717, 1.165) is 25.9 Å². The highest BCUT2D eigenvalue weighted by atomic mass is 16.4. The third kappa shape index (κ3) is 1.98. The Hall–Kier alpha value is -1.65. The molecule has 5 heteroatoms. The van der Waals surface area contributed by atoms with Crippen molar-refractivity contribution in [2.75, 3.05) is 18.0 Å². The van der Waals surface area contributed by atoms with Gasteiger partial charge in [-0.3, -0.25) is 0 Å². The molecular weight excluding hydrogens is 206 g/mol. The summed E-state index contributed by atoms with van der Waals surface area (Å²) in [7, 11) is 0. The van der Waals surface area contributed by atoms with Crippen LogP contribution in [0.15, 0.2) is 12.3 Å². The Morgan fingerprint density at radius 2 is 2.50 bits per heavy atom. The normalized spacial score (nSPS) is 20.1. The number of carbonyl (C=O) groups is 1. The molecule has 0 spiro atoms. The molecule has 0 bridgehead atoms. The zero-order valence-corrected chi connectivity index (χ0v) is 9.26. The van der Waals surface area contributed by atoms with Crippen molar-refractivity contribution >= 4 is 11.8 Å². The number of carboxylic acid groups (broad SMARTS) is 1. The van der Waals surface area contributed by atoms with Crippen molar-refractivity contribution in [3.8, 4) is 0 Å². The minimum absolute atomic E-state index is 0.242. The summed E-state index contributed by atoms with van der Waals surface area (Å²) in [5, 5.41) is 16.8. The Morgan fingerprint density at radius 1 is 1.69 bits per heavy atom. The molecular formula is C11H15N3O2. The Labute approximate surface area is 94.1 Å². The van der Waals surface area contributed by atoms with E-state index < -0.39 is 5.97 Å². The van der Waals surface area contributed by atoms with Crippen LogP contribution in [-0.4, -0.2) is 34.4 Å². The summed E-state index contributed by atoms with van der Waals surface area (Å²) in [6.07, 6.45) is 3.64. The van der Waals surface area contributed by atoms with Gasteiger partial charge in [-0.15, -0.1) is 5.10 Å². The van der Waals surface area contributed by atoms with Gasteiger partial charge in [0, 0.05) is 13.1 Å². The van der Waals surface area contributed by atoms with Crippen LogP contribution in [-0.2, 0) is 0 Å². The Bertz CT molecular complexity index is 395. The van der Waals surface area contributed by atoms with Gasteiger partial charge in [0.2, 0.25) is 0 Å². The van der Waals surface area contributed by atoms with Gasteiger partial charge in [0.25, 0.3) is 0 Å². The summed E-state index contributed by atoms with van der Waals surface area (Å²) in [5.41, 5.74) is 0.242. The largest absolute Gasteiger partial charge is 0.478 e. The molecule has 0 saturated carbocycles. The van der Waals surface area contributed by atoms with Crippen LogP contribution < -0.4 is 4.90 Å². The molecule has 1 aliphatic heterocycles. The fourth-order valence-electron chi connectivity index (χ4n) is 2.08. The molecule has 1 atom stereocenters. The van der Waals surface area contributed by atoms with E-state index in [1.165, 1.54) is 12.3 Å². The van der Waals surface area contributed by atoms with Crippen molar-refractivity contribution in [1.82, 2.24) is 10.2 Å². The molecule has 0 radical (unpaired) electrons. The predicted octanol–water partition coefficient (Wildman–Crippen LogP) is 1.41. The smallest absolute Gasteiger partial charge is 0.339 e. The first-order valence-electron chi connectivity index (χ1n) is 5.52. The summed E-state index contributed by atoms with van der Waals surface area (Å²) in [6.45, 7) is 3.91. The quantitative estimate of drug-likeness (QED) is 0.836. The predicted molar refractivity (Wildman–Crippen MR) is 59.6 cm³/mol. The summed E-state index contributed by atoms with van der Waals surface area (Å²) in [6, 6.07) is 1.50. The third-order valence-electron chi connectivity index (χ3n) is 3.09. The lowest BCUT2D eigenvalue weighted by atomic mass is 10.1. The van der Waals surface area contributed by atoms with E-state index in [1.54, 1.807) is 0 Å². The summed E-state index contributed by atoms with van der Waals surface area (Å²) >= 11 is 0. The number of anilines is 1. The SMILES string of the molecule is CCC1CCN(c2nnccc2C(=O)O)C1. The maximum Gasteiger partial charge on any atom is 0.339 e. The van der Waals surface area contributed by atoms with E-state index in [0.29, 0.717) is 11.7 Å². The average molecular weight is 221 g/mol. The number of nitrogens with zero attached hydrogens (tertiary/aromatic N) is 3. The van der Waals surface area contributed by atoms with Gasteiger partial charge in [-0.1, -0.05) is 13.3 Å². The van der Waals surface area contributed by atoms with Crippen LogP contribution in [0.4, 0.5) is 5.82 Å². The molecule has 2 heterocycles. The van der Waals surface area contributed by atoms with Crippen molar-refractivity contribution in [1.29, 1.82) is 0 Å². The van der Waals surface area contributed by atoms with Crippen LogP contribution in [0.3, 0.4) is 0 Å². The first kappa shape index (κ1) is 10.9. The molecule has 5 nitrogen and oxygen atoms in total. The fourth-order valence-corrected chi connectivity index (χ4v) is 2.08. The monoisotopic (exact) mass is 221 g/mol. The maximum atomic E-state index is 11.0. The summed E-state index contributed by atoms with van der Waals surface area (Å²) in [4.78, 5) is 13.1. The van der Waals surface area contributed by atoms with E-state index in [1.807, 2.05) is 4.90 Å². The Kier molecular flexibility index (Phi) is 3.03. The number of carboxylic acids is 1. The minimum atomic E-state index is -0.940. The van der Waals surface area contributed by atoms with E-state index in [2.05, 4.69) is 17.1 Å². The van der Waals surface area contributed by atoms with Crippen molar-refractivity contribution in [2.45, 2.75) is 19.8 Å². The molecule has 1 aromatic heterocycles. The molecule has 0 aliphatic carbocycles. The van der Waals surface area contributed by atoms with Crippen LogP contribution >= 0.6 is 0 Å². The van der Waals surface area contributed by atoms with E-state index in [-0.39, 0.29) is 5.56 Å². The number of hydrogen-bond donors (Lipinski definition) is 1. The lowest BCUT2D eigenvalue weighted by Gasteiger charge is -2.18. The summed E-state index contributed by atoms with van der Waals surface area (Å²) < 4.78 is 0. The highest BCUT2D eigenvalue weighted by Gasteiger charge is 2.25. The number of aromatic nitrogens is 2. The Morgan fingerprint density at radius 3 is 3.12 bits per heavy atom. The van der Waals surface area contributed by atoms with Gasteiger partial charge < -0.3 is 10.0 Å². The van der Waals surface area contributed by atoms with E-state index in [4.69, 9.17) is 5.11 Å². The lowest BCUT2D eigenvalue weighted by molar-refractivity contribution is 0.0697. The number of aromatic carboxylic acids is 1. The maximum absolute atomic E-state index is 11.0. The molecule has 1 aliphatic rings. The van der Waals surface area contributed by atoms with Crippen molar-refractivity contribution < 1.29 is 9.90 Å². The summed E-state index contributed by atoms with van der Waals surface area (Å²) in [5.74, 6) is 0.208. The molecule has 2 rings (SSSR count). The second-order valence-corrected chi connectivity index (χ2v) is 4.08. The van der Waals surface area contributed by atoms with Gasteiger partial charge in [-0.2, -0.15) is 5.10 Å². The van der Waals surface area contributed by atoms with Crippen LogP contribution in [0.1, 0.15) is 30.1 Å². The van der Waals surface area contributed by atoms with Gasteiger partial charge in [-0.25, -0.2) is 4.79 Å². The van der Waals surface area contributed by atoms with Crippen LogP contribution in [0.25, 0.3) is 0 Å². The molecule has 86 valence electrons. The van der Waals surface area contributed by atoms with Gasteiger partial charge in [0.05, 0.1) is 6.20 Å². The van der Waals surface area contributed by atoms with Gasteiger partial charge in [0.15, 0.2) is 5.82 Å². The van der Waals surface area contributed by atoms with Crippen LogP contribution in [0.2, 0.25) is 0 Å². The third-order valence-corrected chi connectivity index (χ3v) is 3.09. The molecule has 16 heavy (non-hydrogen) atoms. The average Bonchev–Trinajstić information content (AvgIpc) is 2.77. The van der Waals surface area contributed by atoms with Crippen LogP contribution in [0.5, 0.6) is 0 Å². The molecule has 1 fully saturated rings. The highest BCUT2D eigenvalue weighted by Crippen LogP contribution is 2.25. The fraction of sp³-hybridized carbons (Fsp3) is 0.545. The first-order valence-corrected chi connectivity index (χ1v) is 5.52. The zero-order valence-electron chi connectivity index (χ0n) is 9.26. The topological polar surface area (TPSA) is 66.3 Å². The number of rotatable bonds is 3. The highest BCUT2D eigenvalue weighted by molar-refractivity contribution is 5.93. The number of hydrogen-bond acceptors (Lipinski definition) is 4. The van der Waals surface area contributed by atoms with Crippen LogP contribution in [0, 0.1) is 5.92 Å². The molecule has 0 amide bonds.